The molecule has 6 heteroatoms. The third-order valence-corrected chi connectivity index (χ3v) is 3.24. The van der Waals surface area contributed by atoms with Crippen LogP contribution < -0.4 is 0 Å². The van der Waals surface area contributed by atoms with E-state index in [1.165, 1.54) is 12.0 Å². The quantitative estimate of drug-likeness (QED) is 0.649. The average molecular weight is 243 g/mol. The number of amides is 1. The molecule has 0 aromatic heterocycles. The van der Waals surface area contributed by atoms with Crippen LogP contribution in [0.15, 0.2) is 0 Å². The predicted octanol–water partition coefficient (Wildman–Crippen LogP) is -0.700. The van der Waals surface area contributed by atoms with Crippen LogP contribution in [0.1, 0.15) is 19.3 Å². The summed E-state index contributed by atoms with van der Waals surface area (Å²) in [5.41, 5.74) is 0. The van der Waals surface area contributed by atoms with Crippen LogP contribution in [0.3, 0.4) is 0 Å². The lowest BCUT2D eigenvalue weighted by molar-refractivity contribution is -0.154. The maximum atomic E-state index is 12.1. The Balaban J connectivity index is 2.06. The first-order valence-electron chi connectivity index (χ1n) is 5.81. The van der Waals surface area contributed by atoms with Crippen LogP contribution in [-0.2, 0) is 19.1 Å². The third kappa shape index (κ3) is 2.42. The molecular formula is C11H17NO5. The highest BCUT2D eigenvalue weighted by Crippen LogP contribution is 2.23. The smallest absolute Gasteiger partial charge is 0.328 e. The fourth-order valence-corrected chi connectivity index (χ4v) is 2.37. The fraction of sp³-hybridized carbons (Fsp3) is 0.818. The average Bonchev–Trinajstić information content (AvgIpc) is 2.95. The largest absolute Gasteiger partial charge is 0.467 e. The van der Waals surface area contributed by atoms with Crippen LogP contribution >= 0.6 is 0 Å². The molecule has 2 heterocycles. The zero-order valence-corrected chi connectivity index (χ0v) is 9.80. The van der Waals surface area contributed by atoms with Gasteiger partial charge in [0.1, 0.15) is 12.1 Å². The molecule has 0 aliphatic carbocycles. The van der Waals surface area contributed by atoms with Gasteiger partial charge < -0.3 is 19.5 Å². The van der Waals surface area contributed by atoms with Crippen molar-refractivity contribution in [2.45, 2.75) is 37.5 Å². The molecule has 2 saturated heterocycles. The first-order chi connectivity index (χ1) is 8.13. The van der Waals surface area contributed by atoms with E-state index in [0.29, 0.717) is 13.0 Å². The topological polar surface area (TPSA) is 76.1 Å². The van der Waals surface area contributed by atoms with Crippen LogP contribution in [0.25, 0.3) is 0 Å². The van der Waals surface area contributed by atoms with Crippen LogP contribution in [0.5, 0.6) is 0 Å². The van der Waals surface area contributed by atoms with Gasteiger partial charge in [-0.15, -0.1) is 0 Å². The molecule has 17 heavy (non-hydrogen) atoms. The number of hydrogen-bond acceptors (Lipinski definition) is 5. The van der Waals surface area contributed by atoms with E-state index in [0.717, 1.165) is 6.42 Å². The Morgan fingerprint density at radius 1 is 1.47 bits per heavy atom. The predicted molar refractivity (Wildman–Crippen MR) is 57.1 cm³/mol. The number of hydrogen-bond donors (Lipinski definition) is 1. The van der Waals surface area contributed by atoms with E-state index in [1.807, 2.05) is 0 Å². The Morgan fingerprint density at radius 3 is 2.82 bits per heavy atom. The molecule has 1 amide bonds. The van der Waals surface area contributed by atoms with Crippen molar-refractivity contribution in [1.29, 1.82) is 0 Å². The van der Waals surface area contributed by atoms with Crippen LogP contribution in [0.4, 0.5) is 0 Å². The molecule has 1 N–H and O–H groups in total. The standard InChI is InChI=1S/C11H17NO5/c1-16-11(15)8-5-7(13)6-12(8)10(14)9-3-2-4-17-9/h7-9,13H,2-6H2,1H3. The van der Waals surface area contributed by atoms with Crippen molar-refractivity contribution >= 4 is 11.9 Å². The highest BCUT2D eigenvalue weighted by molar-refractivity contribution is 5.87. The molecule has 0 aromatic rings. The summed E-state index contributed by atoms with van der Waals surface area (Å²) >= 11 is 0. The Bertz CT molecular complexity index is 313. The molecule has 0 radical (unpaired) electrons. The van der Waals surface area contributed by atoms with Crippen molar-refractivity contribution in [1.82, 2.24) is 4.90 Å². The summed E-state index contributed by atoms with van der Waals surface area (Å²) in [6.07, 6.45) is 0.650. The van der Waals surface area contributed by atoms with E-state index in [-0.39, 0.29) is 18.9 Å². The van der Waals surface area contributed by atoms with Gasteiger partial charge in [-0.2, -0.15) is 0 Å². The number of likely N-dealkylation sites (tertiary alicyclic amines) is 1. The van der Waals surface area contributed by atoms with Gasteiger partial charge in [-0.25, -0.2) is 4.79 Å². The highest BCUT2D eigenvalue weighted by Gasteiger charge is 2.42. The molecule has 3 atom stereocenters. The normalized spacial score (nSPS) is 32.8. The molecule has 0 bridgehead atoms. The second-order valence-electron chi connectivity index (χ2n) is 4.42. The number of β-amino-alcohol motifs (C(OH)–C–C–N with tert-alkyl or cyclic N) is 1. The number of aliphatic hydroxyl groups is 1. The fourth-order valence-electron chi connectivity index (χ4n) is 2.37. The van der Waals surface area contributed by atoms with E-state index in [9.17, 15) is 14.7 Å². The highest BCUT2D eigenvalue weighted by atomic mass is 16.5. The maximum Gasteiger partial charge on any atom is 0.328 e. The summed E-state index contributed by atoms with van der Waals surface area (Å²) in [7, 11) is 1.28. The zero-order chi connectivity index (χ0) is 12.4. The minimum atomic E-state index is -0.674. The monoisotopic (exact) mass is 243 g/mol. The molecule has 0 saturated carbocycles. The van der Waals surface area contributed by atoms with Gasteiger partial charge in [0.25, 0.3) is 5.91 Å². The van der Waals surface area contributed by atoms with Gasteiger partial charge >= 0.3 is 5.97 Å². The summed E-state index contributed by atoms with van der Waals surface area (Å²) in [5.74, 6) is -0.692. The lowest BCUT2D eigenvalue weighted by Gasteiger charge is -2.24. The van der Waals surface area contributed by atoms with Crippen molar-refractivity contribution in [3.63, 3.8) is 0 Å². The van der Waals surface area contributed by atoms with Crippen molar-refractivity contribution in [2.75, 3.05) is 20.3 Å². The molecule has 2 fully saturated rings. The molecule has 2 aliphatic heterocycles. The molecule has 0 aromatic carbocycles. The van der Waals surface area contributed by atoms with Crippen molar-refractivity contribution in [3.05, 3.63) is 0 Å². The number of methoxy groups -OCH3 is 1. The molecule has 96 valence electrons. The van der Waals surface area contributed by atoms with Gasteiger partial charge in [-0.3, -0.25) is 4.79 Å². The van der Waals surface area contributed by atoms with Gasteiger partial charge in [0, 0.05) is 19.6 Å². The maximum absolute atomic E-state index is 12.1. The van der Waals surface area contributed by atoms with E-state index < -0.39 is 24.2 Å². The van der Waals surface area contributed by atoms with Crippen molar-refractivity contribution < 1.29 is 24.2 Å². The first-order valence-corrected chi connectivity index (χ1v) is 5.81. The lowest BCUT2D eigenvalue weighted by Crippen LogP contribution is -2.45. The number of rotatable bonds is 2. The Labute approximate surface area is 99.5 Å². The molecule has 2 rings (SSSR count). The van der Waals surface area contributed by atoms with Gasteiger partial charge in [0.15, 0.2) is 0 Å². The second kappa shape index (κ2) is 5.01. The third-order valence-electron chi connectivity index (χ3n) is 3.24. The van der Waals surface area contributed by atoms with E-state index in [1.54, 1.807) is 0 Å². The molecule has 6 nitrogen and oxygen atoms in total. The van der Waals surface area contributed by atoms with Gasteiger partial charge in [0.05, 0.1) is 13.2 Å². The van der Waals surface area contributed by atoms with E-state index in [4.69, 9.17) is 4.74 Å². The van der Waals surface area contributed by atoms with Crippen LogP contribution in [0, 0.1) is 0 Å². The number of aliphatic hydroxyl groups excluding tert-OH is 1. The van der Waals surface area contributed by atoms with Crippen LogP contribution in [0.2, 0.25) is 0 Å². The van der Waals surface area contributed by atoms with Crippen LogP contribution in [-0.4, -0.2) is 60.4 Å². The first kappa shape index (κ1) is 12.3. The minimum absolute atomic E-state index is 0.179. The number of carbonyl (C=O) groups is 2. The second-order valence-corrected chi connectivity index (χ2v) is 4.42. The van der Waals surface area contributed by atoms with E-state index in [2.05, 4.69) is 4.74 Å². The number of carbonyl (C=O) groups excluding carboxylic acids is 2. The Hall–Kier alpha value is -1.14. The molecular weight excluding hydrogens is 226 g/mol. The molecule has 0 spiro atoms. The lowest BCUT2D eigenvalue weighted by atomic mass is 10.2. The van der Waals surface area contributed by atoms with Crippen molar-refractivity contribution in [2.24, 2.45) is 0 Å². The van der Waals surface area contributed by atoms with E-state index >= 15 is 0 Å². The summed E-state index contributed by atoms with van der Waals surface area (Å²) in [5, 5.41) is 9.56. The number of esters is 1. The van der Waals surface area contributed by atoms with Crippen molar-refractivity contribution in [3.8, 4) is 0 Å². The summed E-state index contributed by atoms with van der Waals surface area (Å²) in [6, 6.07) is -0.674. The number of nitrogens with zero attached hydrogens (tertiary/aromatic N) is 1. The Kier molecular flexibility index (Phi) is 3.63. The summed E-state index contributed by atoms with van der Waals surface area (Å²) in [4.78, 5) is 25.0. The zero-order valence-electron chi connectivity index (χ0n) is 9.80. The van der Waals surface area contributed by atoms with Gasteiger partial charge in [-0.1, -0.05) is 0 Å². The molecule has 3 unspecified atom stereocenters. The number of ether oxygens (including phenoxy) is 2. The summed E-state index contributed by atoms with van der Waals surface area (Å²) < 4.78 is 9.94. The Morgan fingerprint density at radius 2 is 2.24 bits per heavy atom. The minimum Gasteiger partial charge on any atom is -0.467 e. The van der Waals surface area contributed by atoms with Gasteiger partial charge in [-0.05, 0) is 12.8 Å². The molecule has 2 aliphatic rings. The van der Waals surface area contributed by atoms with Gasteiger partial charge in [0.2, 0.25) is 0 Å². The summed E-state index contributed by atoms with van der Waals surface area (Å²) in [6.45, 7) is 0.758. The SMILES string of the molecule is COC(=O)C1CC(O)CN1C(=O)C1CCCO1.